The molecule has 1 rings (SSSR count). The summed E-state index contributed by atoms with van der Waals surface area (Å²) in [5.41, 5.74) is 6.69. The Kier molecular flexibility index (Phi) is 5.73. The van der Waals surface area contributed by atoms with E-state index < -0.39 is 0 Å². The number of hydrogen-bond donors (Lipinski definition) is 2. The van der Waals surface area contributed by atoms with Crippen LogP contribution in [0.4, 0.5) is 11.6 Å². The number of carbonyl (C=O) groups excluding carboxylic acids is 1. The molecule has 0 saturated heterocycles. The van der Waals surface area contributed by atoms with Crippen LogP contribution in [-0.4, -0.2) is 36.0 Å². The summed E-state index contributed by atoms with van der Waals surface area (Å²) in [4.78, 5) is 22.3. The lowest BCUT2D eigenvalue weighted by Gasteiger charge is -2.21. The summed E-state index contributed by atoms with van der Waals surface area (Å²) in [7, 11) is 1.84. The van der Waals surface area contributed by atoms with E-state index in [1.807, 2.05) is 25.8 Å². The molecule has 6 nitrogen and oxygen atoms in total. The van der Waals surface area contributed by atoms with E-state index in [4.69, 9.17) is 5.73 Å². The topological polar surface area (TPSA) is 84.1 Å². The van der Waals surface area contributed by atoms with E-state index in [9.17, 15) is 4.79 Å². The van der Waals surface area contributed by atoms with Gasteiger partial charge in [0, 0.05) is 25.6 Å². The van der Waals surface area contributed by atoms with Crippen molar-refractivity contribution in [3.8, 4) is 0 Å². The normalized spacial score (nSPS) is 10.7. The molecule has 6 heteroatoms. The summed E-state index contributed by atoms with van der Waals surface area (Å²) in [5.74, 6) is 2.30. The third-order valence-electron chi connectivity index (χ3n) is 2.97. The van der Waals surface area contributed by atoms with Crippen molar-refractivity contribution in [2.45, 2.75) is 34.1 Å². The fraction of sp³-hybridized carbons (Fsp3) is 0.643. The number of nitrogens with two attached hydrogens (primary N) is 1. The second kappa shape index (κ2) is 7.07. The molecule has 0 unspecified atom stereocenters. The van der Waals surface area contributed by atoms with Gasteiger partial charge in [-0.3, -0.25) is 4.79 Å². The minimum atomic E-state index is -0.0177. The van der Waals surface area contributed by atoms with Crippen LogP contribution in [0.5, 0.6) is 0 Å². The molecule has 0 fully saturated rings. The molecule has 1 amide bonds. The maximum absolute atomic E-state index is 11.9. The average Bonchev–Trinajstić information content (AvgIpc) is 2.39. The summed E-state index contributed by atoms with van der Waals surface area (Å²) < 4.78 is 0. The van der Waals surface area contributed by atoms with Crippen molar-refractivity contribution in [3.05, 3.63) is 11.4 Å². The highest BCUT2D eigenvalue weighted by molar-refractivity contribution is 5.81. The van der Waals surface area contributed by atoms with Crippen molar-refractivity contribution in [3.63, 3.8) is 0 Å². The molecule has 3 N–H and O–H groups in total. The molecule has 0 aliphatic rings. The van der Waals surface area contributed by atoms with Gasteiger partial charge in [-0.2, -0.15) is 0 Å². The zero-order valence-electron chi connectivity index (χ0n) is 13.0. The van der Waals surface area contributed by atoms with Crippen LogP contribution in [0.2, 0.25) is 0 Å². The molecule has 0 radical (unpaired) electrons. The second-order valence-electron chi connectivity index (χ2n) is 5.38. The number of amides is 1. The number of anilines is 2. The first-order chi connectivity index (χ1) is 9.35. The van der Waals surface area contributed by atoms with Crippen LogP contribution < -0.4 is 16.0 Å². The van der Waals surface area contributed by atoms with Gasteiger partial charge in [0.2, 0.25) is 5.91 Å². The number of hydrogen-bond acceptors (Lipinski definition) is 5. The summed E-state index contributed by atoms with van der Waals surface area (Å²) in [6.45, 7) is 8.90. The minimum absolute atomic E-state index is 0.0177. The zero-order chi connectivity index (χ0) is 15.3. The van der Waals surface area contributed by atoms with E-state index in [1.54, 1.807) is 0 Å². The molecule has 1 aromatic heterocycles. The predicted octanol–water partition coefficient (Wildman–Crippen LogP) is 1.14. The van der Waals surface area contributed by atoms with Gasteiger partial charge in [-0.25, -0.2) is 9.97 Å². The Bertz CT molecular complexity index is 473. The smallest absolute Gasteiger partial charge is 0.239 e. The first kappa shape index (κ1) is 16.2. The van der Waals surface area contributed by atoms with E-state index in [1.165, 1.54) is 0 Å². The molecular formula is C14H25N5O. The fourth-order valence-electron chi connectivity index (χ4n) is 1.76. The van der Waals surface area contributed by atoms with Gasteiger partial charge in [0.15, 0.2) is 0 Å². The van der Waals surface area contributed by atoms with Crippen LogP contribution in [0.3, 0.4) is 0 Å². The van der Waals surface area contributed by atoms with Crippen LogP contribution >= 0.6 is 0 Å². The Hall–Kier alpha value is -1.85. The largest absolute Gasteiger partial charge is 0.383 e. The molecule has 1 aromatic rings. The lowest BCUT2D eigenvalue weighted by molar-refractivity contribution is -0.119. The van der Waals surface area contributed by atoms with Gasteiger partial charge in [0.05, 0.1) is 6.54 Å². The van der Waals surface area contributed by atoms with E-state index in [2.05, 4.69) is 29.1 Å². The van der Waals surface area contributed by atoms with Crippen LogP contribution in [0, 0.1) is 12.8 Å². The van der Waals surface area contributed by atoms with Gasteiger partial charge in [-0.1, -0.05) is 20.8 Å². The number of aryl methyl sites for hydroxylation is 1. The summed E-state index contributed by atoms with van der Waals surface area (Å²) in [6, 6.07) is 0. The monoisotopic (exact) mass is 279 g/mol. The van der Waals surface area contributed by atoms with Gasteiger partial charge in [0.1, 0.15) is 17.5 Å². The number of carbonyl (C=O) groups is 1. The Morgan fingerprint density at radius 3 is 2.60 bits per heavy atom. The van der Waals surface area contributed by atoms with Gasteiger partial charge >= 0.3 is 0 Å². The number of nitrogens with zero attached hydrogens (tertiary/aromatic N) is 3. The first-order valence-electron chi connectivity index (χ1n) is 6.95. The second-order valence-corrected chi connectivity index (χ2v) is 5.38. The molecule has 1 heterocycles. The fourth-order valence-corrected chi connectivity index (χ4v) is 1.76. The Labute approximate surface area is 120 Å². The molecule has 0 aliphatic carbocycles. The molecule has 0 aliphatic heterocycles. The summed E-state index contributed by atoms with van der Waals surface area (Å²) >= 11 is 0. The van der Waals surface area contributed by atoms with Gasteiger partial charge in [-0.15, -0.1) is 0 Å². The number of nitrogens with one attached hydrogen (secondary N) is 1. The summed E-state index contributed by atoms with van der Waals surface area (Å²) in [5, 5.41) is 2.89. The van der Waals surface area contributed by atoms with Crippen molar-refractivity contribution < 1.29 is 4.79 Å². The minimum Gasteiger partial charge on any atom is -0.383 e. The molecule has 0 saturated carbocycles. The van der Waals surface area contributed by atoms with Gasteiger partial charge in [0.25, 0.3) is 0 Å². The van der Waals surface area contributed by atoms with Gasteiger partial charge in [-0.05, 0) is 12.8 Å². The molecule has 0 bridgehead atoms. The maximum atomic E-state index is 11.9. The Morgan fingerprint density at radius 1 is 1.40 bits per heavy atom. The lowest BCUT2D eigenvalue weighted by atomic mass is 10.2. The third-order valence-corrected chi connectivity index (χ3v) is 2.97. The van der Waals surface area contributed by atoms with Crippen molar-refractivity contribution in [1.29, 1.82) is 0 Å². The van der Waals surface area contributed by atoms with E-state index in [-0.39, 0.29) is 12.5 Å². The maximum Gasteiger partial charge on any atom is 0.239 e. The van der Waals surface area contributed by atoms with Crippen molar-refractivity contribution in [1.82, 2.24) is 15.3 Å². The standard InChI is InChI=1S/C14H25N5O/c1-6-11-17-13(15)10(4)14(18-11)19(5)8-12(20)16-7-9(2)3/h9H,6-8H2,1-5H3,(H,16,20)(H2,15,17,18). The molecule has 112 valence electrons. The molecule has 0 aromatic carbocycles. The molecule has 0 atom stereocenters. The zero-order valence-corrected chi connectivity index (χ0v) is 13.0. The Morgan fingerprint density at radius 2 is 2.05 bits per heavy atom. The highest BCUT2D eigenvalue weighted by Gasteiger charge is 2.14. The van der Waals surface area contributed by atoms with Crippen LogP contribution in [0.25, 0.3) is 0 Å². The van der Waals surface area contributed by atoms with Crippen LogP contribution in [-0.2, 0) is 11.2 Å². The highest BCUT2D eigenvalue weighted by atomic mass is 16.2. The van der Waals surface area contributed by atoms with Gasteiger partial charge < -0.3 is 16.0 Å². The SMILES string of the molecule is CCc1nc(N)c(C)c(N(C)CC(=O)NCC(C)C)n1. The highest BCUT2D eigenvalue weighted by Crippen LogP contribution is 2.20. The van der Waals surface area contributed by atoms with Crippen molar-refractivity contribution in [2.75, 3.05) is 30.8 Å². The number of nitrogen functional groups attached to an aromatic ring is 1. The quantitative estimate of drug-likeness (QED) is 0.815. The number of rotatable bonds is 6. The Balaban J connectivity index is 2.79. The van der Waals surface area contributed by atoms with Crippen LogP contribution in [0.15, 0.2) is 0 Å². The number of aromatic nitrogens is 2. The van der Waals surface area contributed by atoms with Crippen LogP contribution in [0.1, 0.15) is 32.2 Å². The molecular weight excluding hydrogens is 254 g/mol. The predicted molar refractivity (Wildman–Crippen MR) is 81.7 cm³/mol. The first-order valence-corrected chi connectivity index (χ1v) is 6.95. The number of likely N-dealkylation sites (N-methyl/N-ethyl adjacent to an activating group) is 1. The molecule has 20 heavy (non-hydrogen) atoms. The van der Waals surface area contributed by atoms with Crippen molar-refractivity contribution in [2.24, 2.45) is 5.92 Å². The van der Waals surface area contributed by atoms with Crippen molar-refractivity contribution >= 4 is 17.5 Å². The van der Waals surface area contributed by atoms with E-state index >= 15 is 0 Å². The third kappa shape index (κ3) is 4.36. The lowest BCUT2D eigenvalue weighted by Crippen LogP contribution is -2.37. The molecule has 0 spiro atoms. The average molecular weight is 279 g/mol. The van der Waals surface area contributed by atoms with E-state index in [0.717, 1.165) is 5.56 Å². The van der Waals surface area contributed by atoms with E-state index in [0.29, 0.717) is 36.3 Å². The summed E-state index contributed by atoms with van der Waals surface area (Å²) in [6.07, 6.45) is 0.713.